The van der Waals surface area contributed by atoms with E-state index < -0.39 is 10.0 Å². The van der Waals surface area contributed by atoms with Crippen LogP contribution < -0.4 is 15.2 Å². The number of primary sulfonamides is 1. The lowest BCUT2D eigenvalue weighted by Crippen LogP contribution is -2.36. The SMILES string of the molecule is Cc1ccc(OCC(=O)NC2CCCC2)c(S(N)(=O)=O)c1. The zero-order valence-electron chi connectivity index (χ0n) is 12.0. The fourth-order valence-corrected chi connectivity index (χ4v) is 3.20. The minimum atomic E-state index is -3.88. The first-order chi connectivity index (χ1) is 9.86. The molecule has 0 aromatic heterocycles. The molecule has 0 saturated heterocycles. The van der Waals surface area contributed by atoms with Gasteiger partial charge in [-0.3, -0.25) is 4.79 Å². The van der Waals surface area contributed by atoms with Gasteiger partial charge < -0.3 is 10.1 Å². The highest BCUT2D eigenvalue weighted by molar-refractivity contribution is 7.89. The molecule has 1 fully saturated rings. The summed E-state index contributed by atoms with van der Waals surface area (Å²) in [6.45, 7) is 1.54. The Hall–Kier alpha value is -1.60. The number of amides is 1. The summed E-state index contributed by atoms with van der Waals surface area (Å²) in [6, 6.07) is 4.85. The van der Waals surface area contributed by atoms with Gasteiger partial charge in [-0.05, 0) is 37.5 Å². The van der Waals surface area contributed by atoms with E-state index in [4.69, 9.17) is 9.88 Å². The van der Waals surface area contributed by atoms with Crippen LogP contribution in [0, 0.1) is 6.92 Å². The number of hydrogen-bond donors (Lipinski definition) is 2. The number of carbonyl (C=O) groups is 1. The molecule has 1 saturated carbocycles. The maximum absolute atomic E-state index is 11.8. The number of nitrogens with one attached hydrogen (secondary N) is 1. The molecule has 2 rings (SSSR count). The molecule has 6 nitrogen and oxygen atoms in total. The maximum atomic E-state index is 11.8. The Morgan fingerprint density at radius 3 is 2.67 bits per heavy atom. The van der Waals surface area contributed by atoms with Crippen LogP contribution in [0.1, 0.15) is 31.2 Å². The van der Waals surface area contributed by atoms with Crippen LogP contribution in [0.15, 0.2) is 23.1 Å². The van der Waals surface area contributed by atoms with E-state index in [-0.39, 0.29) is 29.2 Å². The normalized spacial score (nSPS) is 15.9. The molecule has 1 aliphatic carbocycles. The lowest BCUT2D eigenvalue weighted by molar-refractivity contribution is -0.123. The Labute approximate surface area is 124 Å². The second-order valence-corrected chi connectivity index (χ2v) is 6.86. The molecule has 116 valence electrons. The van der Waals surface area contributed by atoms with Crippen molar-refractivity contribution in [3.05, 3.63) is 23.8 Å². The summed E-state index contributed by atoms with van der Waals surface area (Å²) in [6.07, 6.45) is 4.22. The van der Waals surface area contributed by atoms with Gasteiger partial charge >= 0.3 is 0 Å². The Morgan fingerprint density at radius 2 is 2.05 bits per heavy atom. The summed E-state index contributed by atoms with van der Waals surface area (Å²) in [5.41, 5.74) is 0.752. The molecule has 1 aromatic rings. The van der Waals surface area contributed by atoms with Crippen molar-refractivity contribution in [2.75, 3.05) is 6.61 Å². The monoisotopic (exact) mass is 312 g/mol. The number of hydrogen-bond acceptors (Lipinski definition) is 4. The van der Waals surface area contributed by atoms with Crippen LogP contribution in [-0.4, -0.2) is 27.0 Å². The number of benzene rings is 1. The quantitative estimate of drug-likeness (QED) is 0.850. The summed E-state index contributed by atoms with van der Waals surface area (Å²) in [5, 5.41) is 8.03. The van der Waals surface area contributed by atoms with Crippen molar-refractivity contribution in [1.29, 1.82) is 0 Å². The standard InChI is InChI=1S/C14H20N2O4S/c1-10-6-7-12(13(8-10)21(15,18)19)20-9-14(17)16-11-4-2-3-5-11/h6-8,11H,2-5,9H2,1H3,(H,16,17)(H2,15,18,19). The van der Waals surface area contributed by atoms with Crippen molar-refractivity contribution in [1.82, 2.24) is 5.32 Å². The molecule has 21 heavy (non-hydrogen) atoms. The van der Waals surface area contributed by atoms with Crippen LogP contribution in [0.4, 0.5) is 0 Å². The van der Waals surface area contributed by atoms with Crippen molar-refractivity contribution >= 4 is 15.9 Å². The van der Waals surface area contributed by atoms with Crippen molar-refractivity contribution in [3.63, 3.8) is 0 Å². The van der Waals surface area contributed by atoms with Gasteiger partial charge in [-0.25, -0.2) is 13.6 Å². The molecule has 1 amide bonds. The minimum Gasteiger partial charge on any atom is -0.482 e. The second-order valence-electron chi connectivity index (χ2n) is 5.33. The van der Waals surface area contributed by atoms with Gasteiger partial charge in [-0.1, -0.05) is 18.9 Å². The van der Waals surface area contributed by atoms with Crippen LogP contribution in [0.25, 0.3) is 0 Å². The van der Waals surface area contributed by atoms with Crippen LogP contribution in [0.2, 0.25) is 0 Å². The van der Waals surface area contributed by atoms with Crippen molar-refractivity contribution in [2.24, 2.45) is 5.14 Å². The van der Waals surface area contributed by atoms with Crippen molar-refractivity contribution in [2.45, 2.75) is 43.5 Å². The van der Waals surface area contributed by atoms with Gasteiger partial charge in [-0.2, -0.15) is 0 Å². The third-order valence-corrected chi connectivity index (χ3v) is 4.42. The average molecular weight is 312 g/mol. The Kier molecular flexibility index (Phi) is 4.84. The number of aryl methyl sites for hydroxylation is 1. The molecule has 0 radical (unpaired) electrons. The van der Waals surface area contributed by atoms with Gasteiger partial charge in [0.15, 0.2) is 6.61 Å². The number of carbonyl (C=O) groups excluding carboxylic acids is 1. The van der Waals surface area contributed by atoms with Gasteiger partial charge in [0.25, 0.3) is 5.91 Å². The summed E-state index contributed by atoms with van der Waals surface area (Å²) in [7, 11) is -3.88. The largest absolute Gasteiger partial charge is 0.482 e. The van der Waals surface area contributed by atoms with Crippen molar-refractivity contribution in [3.8, 4) is 5.75 Å². The van der Waals surface area contributed by atoms with E-state index in [1.807, 2.05) is 0 Å². The molecule has 7 heteroatoms. The van der Waals surface area contributed by atoms with Gasteiger partial charge in [0.1, 0.15) is 10.6 Å². The van der Waals surface area contributed by atoms with Crippen LogP contribution >= 0.6 is 0 Å². The second kappa shape index (κ2) is 6.44. The molecule has 0 heterocycles. The lowest BCUT2D eigenvalue weighted by atomic mass is 10.2. The summed E-state index contributed by atoms with van der Waals surface area (Å²) < 4.78 is 28.4. The van der Waals surface area contributed by atoms with Gasteiger partial charge in [-0.15, -0.1) is 0 Å². The first kappa shape index (κ1) is 15.8. The zero-order chi connectivity index (χ0) is 15.5. The van der Waals surface area contributed by atoms with Crippen LogP contribution in [-0.2, 0) is 14.8 Å². The molecule has 0 atom stereocenters. The third kappa shape index (κ3) is 4.44. The first-order valence-corrected chi connectivity index (χ1v) is 8.46. The predicted octanol–water partition coefficient (Wildman–Crippen LogP) is 1.08. The third-order valence-electron chi connectivity index (χ3n) is 3.48. The molecule has 3 N–H and O–H groups in total. The Bertz CT molecular complexity index is 622. The van der Waals surface area contributed by atoms with Crippen LogP contribution in [0.5, 0.6) is 5.75 Å². The molecule has 0 aliphatic heterocycles. The molecule has 1 aliphatic rings. The molecular weight excluding hydrogens is 292 g/mol. The highest BCUT2D eigenvalue weighted by atomic mass is 32.2. The van der Waals surface area contributed by atoms with Gasteiger partial charge in [0.05, 0.1) is 0 Å². The molecular formula is C14H20N2O4S. The summed E-state index contributed by atoms with van der Waals surface area (Å²) in [4.78, 5) is 11.7. The topological polar surface area (TPSA) is 98.5 Å². The Balaban J connectivity index is 2.01. The lowest BCUT2D eigenvalue weighted by Gasteiger charge is -2.14. The van der Waals surface area contributed by atoms with E-state index in [1.165, 1.54) is 12.1 Å². The minimum absolute atomic E-state index is 0.101. The number of sulfonamides is 1. The Morgan fingerprint density at radius 1 is 1.38 bits per heavy atom. The number of ether oxygens (including phenoxy) is 1. The maximum Gasteiger partial charge on any atom is 0.258 e. The zero-order valence-corrected chi connectivity index (χ0v) is 12.8. The van der Waals surface area contributed by atoms with E-state index in [2.05, 4.69) is 5.32 Å². The number of rotatable bonds is 5. The van der Waals surface area contributed by atoms with E-state index in [0.29, 0.717) is 0 Å². The fraction of sp³-hybridized carbons (Fsp3) is 0.500. The smallest absolute Gasteiger partial charge is 0.258 e. The van der Waals surface area contributed by atoms with Crippen molar-refractivity contribution < 1.29 is 17.9 Å². The van der Waals surface area contributed by atoms with Crippen LogP contribution in [0.3, 0.4) is 0 Å². The molecule has 0 unspecified atom stereocenters. The van der Waals surface area contributed by atoms with E-state index in [0.717, 1.165) is 31.2 Å². The van der Waals surface area contributed by atoms with E-state index in [1.54, 1.807) is 13.0 Å². The van der Waals surface area contributed by atoms with E-state index in [9.17, 15) is 13.2 Å². The van der Waals surface area contributed by atoms with Gasteiger partial charge in [0, 0.05) is 6.04 Å². The van der Waals surface area contributed by atoms with E-state index >= 15 is 0 Å². The molecule has 0 spiro atoms. The molecule has 0 bridgehead atoms. The van der Waals surface area contributed by atoms with Gasteiger partial charge in [0.2, 0.25) is 10.0 Å². The first-order valence-electron chi connectivity index (χ1n) is 6.92. The summed E-state index contributed by atoms with van der Waals surface area (Å²) >= 11 is 0. The highest BCUT2D eigenvalue weighted by Gasteiger charge is 2.19. The number of nitrogens with two attached hydrogens (primary N) is 1. The summed E-state index contributed by atoms with van der Waals surface area (Å²) in [5.74, 6) is -0.146. The predicted molar refractivity (Wildman–Crippen MR) is 78.4 cm³/mol. The highest BCUT2D eigenvalue weighted by Crippen LogP contribution is 2.24. The molecule has 1 aromatic carbocycles. The average Bonchev–Trinajstić information content (AvgIpc) is 2.89. The fourth-order valence-electron chi connectivity index (χ4n) is 2.44.